The second-order valence-electron chi connectivity index (χ2n) is 3.34. The van der Waals surface area contributed by atoms with Crippen molar-refractivity contribution < 1.29 is 39.0 Å². The van der Waals surface area contributed by atoms with E-state index in [1.165, 1.54) is 0 Å². The first-order chi connectivity index (χ1) is 3.91. The van der Waals surface area contributed by atoms with Gasteiger partial charge in [-0.05, 0) is 19.4 Å². The number of ether oxygens (including phenoxy) is 2. The summed E-state index contributed by atoms with van der Waals surface area (Å²) >= 11 is 0. The summed E-state index contributed by atoms with van der Waals surface area (Å²) in [7, 11) is 0. The van der Waals surface area contributed by atoms with E-state index in [1.807, 2.05) is 27.7 Å². The zero-order valence-electron chi connectivity index (χ0n) is 7.39. The largest absolute Gasteiger partial charge is 1.00 e. The van der Waals surface area contributed by atoms with Crippen molar-refractivity contribution in [2.24, 2.45) is 0 Å². The minimum Gasteiger partial charge on any atom is -0.525 e. The molecule has 1 aliphatic heterocycles. The van der Waals surface area contributed by atoms with Crippen molar-refractivity contribution in [1.29, 1.82) is 0 Å². The fourth-order valence-corrected chi connectivity index (χ4v) is 0.965. The average molecular weight is 152 g/mol. The van der Waals surface area contributed by atoms with E-state index in [2.05, 4.69) is 0 Å². The second kappa shape index (κ2) is 3.11. The molecule has 1 fully saturated rings. The first-order valence-corrected chi connectivity index (χ1v) is 3.14. The molecule has 0 saturated carbocycles. The molecule has 0 aromatic rings. The SMILES string of the molecule is CC1(C)[CH-]OC(C)(C)O1.[Na+]. The van der Waals surface area contributed by atoms with E-state index in [0.29, 0.717) is 0 Å². The van der Waals surface area contributed by atoms with Crippen LogP contribution in [-0.2, 0) is 9.47 Å². The Balaban J connectivity index is 0.000000810. The fourth-order valence-electron chi connectivity index (χ4n) is 0.965. The third-order valence-corrected chi connectivity index (χ3v) is 1.14. The summed E-state index contributed by atoms with van der Waals surface area (Å²) in [5.74, 6) is -0.427. The molecule has 0 spiro atoms. The molecule has 54 valence electrons. The quantitative estimate of drug-likeness (QED) is 0.318. The molecule has 1 rings (SSSR count). The second-order valence-corrected chi connectivity index (χ2v) is 3.34. The molecule has 0 aromatic carbocycles. The van der Waals surface area contributed by atoms with Crippen LogP contribution in [0, 0.1) is 6.61 Å². The molecule has 0 amide bonds. The Bertz CT molecular complexity index is 107. The van der Waals surface area contributed by atoms with Gasteiger partial charge in [0.05, 0.1) is 0 Å². The molecular weight excluding hydrogens is 139 g/mol. The van der Waals surface area contributed by atoms with Gasteiger partial charge in [-0.15, -0.1) is 0 Å². The molecule has 1 heterocycles. The fraction of sp³-hybridized carbons (Fsp3) is 0.857. The molecule has 0 N–H and O–H groups in total. The molecular formula is C7H13NaO2. The van der Waals surface area contributed by atoms with E-state index in [-0.39, 0.29) is 35.2 Å². The molecule has 2 nitrogen and oxygen atoms in total. The Morgan fingerprint density at radius 1 is 1.10 bits per heavy atom. The van der Waals surface area contributed by atoms with Crippen molar-refractivity contribution in [2.45, 2.75) is 39.1 Å². The summed E-state index contributed by atoms with van der Waals surface area (Å²) < 4.78 is 10.7. The van der Waals surface area contributed by atoms with Crippen molar-refractivity contribution in [2.75, 3.05) is 0 Å². The average Bonchev–Trinajstić information content (AvgIpc) is 1.78. The molecule has 1 saturated heterocycles. The van der Waals surface area contributed by atoms with Crippen molar-refractivity contribution in [3.8, 4) is 0 Å². The van der Waals surface area contributed by atoms with Crippen LogP contribution >= 0.6 is 0 Å². The van der Waals surface area contributed by atoms with E-state index in [1.54, 1.807) is 6.61 Å². The van der Waals surface area contributed by atoms with E-state index in [4.69, 9.17) is 9.47 Å². The van der Waals surface area contributed by atoms with Crippen LogP contribution in [0.15, 0.2) is 0 Å². The zero-order valence-corrected chi connectivity index (χ0v) is 9.39. The van der Waals surface area contributed by atoms with Crippen molar-refractivity contribution in [3.63, 3.8) is 0 Å². The van der Waals surface area contributed by atoms with Crippen LogP contribution in [0.1, 0.15) is 27.7 Å². The van der Waals surface area contributed by atoms with Crippen LogP contribution in [0.2, 0.25) is 0 Å². The Morgan fingerprint density at radius 2 is 1.60 bits per heavy atom. The summed E-state index contributed by atoms with van der Waals surface area (Å²) in [5.41, 5.74) is -0.219. The summed E-state index contributed by atoms with van der Waals surface area (Å²) in [4.78, 5) is 0. The third kappa shape index (κ3) is 2.89. The number of hydrogen-bond donors (Lipinski definition) is 0. The van der Waals surface area contributed by atoms with Crippen LogP contribution in [0.4, 0.5) is 0 Å². The minimum absolute atomic E-state index is 0. The van der Waals surface area contributed by atoms with Crippen LogP contribution in [0.5, 0.6) is 0 Å². The third-order valence-electron chi connectivity index (χ3n) is 1.14. The van der Waals surface area contributed by atoms with Gasteiger partial charge in [0.1, 0.15) is 5.79 Å². The van der Waals surface area contributed by atoms with Gasteiger partial charge in [-0.2, -0.15) is 6.61 Å². The molecule has 0 aromatic heterocycles. The van der Waals surface area contributed by atoms with Crippen molar-refractivity contribution in [3.05, 3.63) is 6.61 Å². The first-order valence-electron chi connectivity index (χ1n) is 3.14. The van der Waals surface area contributed by atoms with Crippen molar-refractivity contribution in [1.82, 2.24) is 0 Å². The monoisotopic (exact) mass is 152 g/mol. The maximum Gasteiger partial charge on any atom is 1.00 e. The summed E-state index contributed by atoms with van der Waals surface area (Å²) in [5, 5.41) is 0. The summed E-state index contributed by atoms with van der Waals surface area (Å²) in [6.45, 7) is 9.48. The Hall–Kier alpha value is 0.920. The van der Waals surface area contributed by atoms with E-state index in [9.17, 15) is 0 Å². The maximum atomic E-state index is 5.46. The van der Waals surface area contributed by atoms with Gasteiger partial charge < -0.3 is 9.47 Å². The van der Waals surface area contributed by atoms with Crippen LogP contribution in [0.3, 0.4) is 0 Å². The predicted octanol–water partition coefficient (Wildman–Crippen LogP) is -1.29. The van der Waals surface area contributed by atoms with Crippen LogP contribution < -0.4 is 29.6 Å². The normalized spacial score (nSPS) is 27.6. The van der Waals surface area contributed by atoms with E-state index < -0.39 is 5.79 Å². The molecule has 0 radical (unpaired) electrons. The molecule has 0 unspecified atom stereocenters. The molecule has 10 heavy (non-hydrogen) atoms. The van der Waals surface area contributed by atoms with Gasteiger partial charge >= 0.3 is 29.6 Å². The van der Waals surface area contributed by atoms with E-state index in [0.717, 1.165) is 0 Å². The van der Waals surface area contributed by atoms with Crippen LogP contribution in [-0.4, -0.2) is 11.4 Å². The molecule has 3 heteroatoms. The first kappa shape index (κ1) is 10.9. The summed E-state index contributed by atoms with van der Waals surface area (Å²) in [6.07, 6.45) is 0. The van der Waals surface area contributed by atoms with Gasteiger partial charge in [-0.25, -0.2) is 0 Å². The van der Waals surface area contributed by atoms with Gasteiger partial charge in [0.25, 0.3) is 0 Å². The molecule has 1 aliphatic rings. The maximum absolute atomic E-state index is 5.46. The predicted molar refractivity (Wildman–Crippen MR) is 34.6 cm³/mol. The standard InChI is InChI=1S/C7H13O2.Na/c1-6(2)5-8-7(3,4)9-6;/h5H,1-4H3;/q-1;+1. The van der Waals surface area contributed by atoms with E-state index >= 15 is 0 Å². The Kier molecular flexibility index (Phi) is 3.40. The molecule has 0 aliphatic carbocycles. The van der Waals surface area contributed by atoms with Gasteiger partial charge in [0.2, 0.25) is 0 Å². The topological polar surface area (TPSA) is 18.5 Å². The zero-order chi connectivity index (χ0) is 7.12. The van der Waals surface area contributed by atoms with Gasteiger partial charge in [-0.3, -0.25) is 0 Å². The van der Waals surface area contributed by atoms with Crippen molar-refractivity contribution >= 4 is 0 Å². The van der Waals surface area contributed by atoms with Gasteiger partial charge in [-0.1, -0.05) is 13.8 Å². The van der Waals surface area contributed by atoms with Crippen LogP contribution in [0.25, 0.3) is 0 Å². The summed E-state index contributed by atoms with van der Waals surface area (Å²) in [6, 6.07) is 0. The molecule has 0 atom stereocenters. The number of rotatable bonds is 0. The Morgan fingerprint density at radius 3 is 1.70 bits per heavy atom. The smallest absolute Gasteiger partial charge is 0.525 e. The minimum atomic E-state index is -0.427. The van der Waals surface area contributed by atoms with Gasteiger partial charge in [0, 0.05) is 0 Å². The molecule has 0 bridgehead atoms. The number of hydrogen-bond acceptors (Lipinski definition) is 2. The van der Waals surface area contributed by atoms with Gasteiger partial charge in [0.15, 0.2) is 0 Å². The Labute approximate surface area is 84.6 Å².